The second-order valence-electron chi connectivity index (χ2n) is 3.18. The van der Waals surface area contributed by atoms with Crippen molar-refractivity contribution in [1.82, 2.24) is 0 Å². The summed E-state index contributed by atoms with van der Waals surface area (Å²) in [5, 5.41) is 0. The Morgan fingerprint density at radius 3 is 2.60 bits per heavy atom. The van der Waals surface area contributed by atoms with Gasteiger partial charge in [-0.2, -0.15) is 0 Å². The molecule has 0 saturated carbocycles. The van der Waals surface area contributed by atoms with Gasteiger partial charge in [-0.15, -0.1) is 0 Å². The maximum atomic E-state index is 10.6. The molecule has 0 heterocycles. The van der Waals surface area contributed by atoms with Crippen LogP contribution in [0.25, 0.3) is 0 Å². The first kappa shape index (κ1) is 11.2. The molecule has 0 bridgehead atoms. The van der Waals surface area contributed by atoms with E-state index in [4.69, 9.17) is 4.74 Å². The zero-order chi connectivity index (χ0) is 11.1. The van der Waals surface area contributed by atoms with E-state index >= 15 is 0 Å². The largest absolute Gasteiger partial charge is 0.490 e. The Morgan fingerprint density at radius 1 is 1.33 bits per heavy atom. The van der Waals surface area contributed by atoms with E-state index in [9.17, 15) is 4.79 Å². The molecule has 0 fully saturated rings. The summed E-state index contributed by atoms with van der Waals surface area (Å²) in [5.74, 6) is 0.480. The number of benzene rings is 1. The minimum Gasteiger partial charge on any atom is -0.490 e. The molecule has 1 aromatic rings. The minimum absolute atomic E-state index is 0.0144. The van der Waals surface area contributed by atoms with Crippen molar-refractivity contribution in [3.05, 3.63) is 60.4 Å². The summed E-state index contributed by atoms with van der Waals surface area (Å²) in [4.78, 5) is 10.6. The lowest BCUT2D eigenvalue weighted by molar-refractivity contribution is -0.112. The molecule has 0 aromatic heterocycles. The lowest BCUT2D eigenvalue weighted by Crippen LogP contribution is -1.91. The van der Waals surface area contributed by atoms with Crippen molar-refractivity contribution in [1.29, 1.82) is 0 Å². The van der Waals surface area contributed by atoms with Crippen LogP contribution in [0.15, 0.2) is 54.8 Å². The maximum absolute atomic E-state index is 10.6. The fourth-order valence-corrected chi connectivity index (χ4v) is 1.01. The topological polar surface area (TPSA) is 26.3 Å². The van der Waals surface area contributed by atoms with E-state index < -0.39 is 0 Å². The Hall–Kier alpha value is -1.83. The van der Waals surface area contributed by atoms with Gasteiger partial charge in [0.05, 0.1) is 0 Å². The summed E-state index contributed by atoms with van der Waals surface area (Å²) in [5.41, 5.74) is 1.08. The molecule has 0 unspecified atom stereocenters. The van der Waals surface area contributed by atoms with Crippen molar-refractivity contribution >= 4 is 5.78 Å². The third kappa shape index (κ3) is 4.81. The predicted molar refractivity (Wildman–Crippen MR) is 60.2 cm³/mol. The van der Waals surface area contributed by atoms with E-state index in [-0.39, 0.29) is 5.78 Å². The maximum Gasteiger partial charge on any atom is 0.152 e. The summed E-state index contributed by atoms with van der Waals surface area (Å²) in [7, 11) is 0. The van der Waals surface area contributed by atoms with Crippen LogP contribution in [0, 0.1) is 0 Å². The highest BCUT2D eigenvalue weighted by Gasteiger charge is 1.93. The molecular formula is C13H14O2. The lowest BCUT2D eigenvalue weighted by atomic mass is 10.2. The molecule has 0 N–H and O–H groups in total. The Labute approximate surface area is 89.9 Å². The summed E-state index contributed by atoms with van der Waals surface area (Å²) >= 11 is 0. The number of ether oxygens (including phenoxy) is 1. The van der Waals surface area contributed by atoms with Crippen LogP contribution in [0.1, 0.15) is 12.5 Å². The van der Waals surface area contributed by atoms with Crippen LogP contribution in [0.2, 0.25) is 0 Å². The van der Waals surface area contributed by atoms with Gasteiger partial charge in [0.2, 0.25) is 0 Å². The molecule has 78 valence electrons. The van der Waals surface area contributed by atoms with Crippen molar-refractivity contribution in [3.63, 3.8) is 0 Å². The standard InChI is InChI=1S/C13H14O2/c1-11(14)8-9-12(2)15-10-13-6-4-3-5-7-13/h3-9H,2,10H2,1H3/b9-8+. The quantitative estimate of drug-likeness (QED) is 0.417. The van der Waals surface area contributed by atoms with Crippen molar-refractivity contribution < 1.29 is 9.53 Å². The van der Waals surface area contributed by atoms with Gasteiger partial charge in [0, 0.05) is 0 Å². The Bertz CT molecular complexity index is 363. The van der Waals surface area contributed by atoms with Gasteiger partial charge in [-0.3, -0.25) is 4.79 Å². The average Bonchev–Trinajstić information content (AvgIpc) is 2.25. The summed E-state index contributed by atoms with van der Waals surface area (Å²) in [6, 6.07) is 9.80. The average molecular weight is 202 g/mol. The highest BCUT2D eigenvalue weighted by atomic mass is 16.5. The molecule has 2 nitrogen and oxygen atoms in total. The molecule has 0 saturated heterocycles. The number of carbonyl (C=O) groups is 1. The van der Waals surface area contributed by atoms with E-state index in [1.165, 1.54) is 13.0 Å². The summed E-state index contributed by atoms with van der Waals surface area (Å²) in [6.07, 6.45) is 3.01. The number of rotatable bonds is 5. The van der Waals surface area contributed by atoms with E-state index in [0.29, 0.717) is 12.4 Å². The van der Waals surface area contributed by atoms with Crippen LogP contribution in [0.3, 0.4) is 0 Å². The molecular weight excluding hydrogens is 188 g/mol. The van der Waals surface area contributed by atoms with E-state index in [1.54, 1.807) is 6.08 Å². The molecule has 0 aliphatic heterocycles. The van der Waals surface area contributed by atoms with Gasteiger partial charge in [0.25, 0.3) is 0 Å². The van der Waals surface area contributed by atoms with Crippen molar-refractivity contribution in [2.45, 2.75) is 13.5 Å². The molecule has 0 aliphatic carbocycles. The summed E-state index contributed by atoms with van der Waals surface area (Å²) < 4.78 is 5.34. The highest BCUT2D eigenvalue weighted by Crippen LogP contribution is 2.05. The molecule has 15 heavy (non-hydrogen) atoms. The molecule has 0 atom stereocenters. The van der Waals surface area contributed by atoms with Gasteiger partial charge < -0.3 is 4.74 Å². The smallest absolute Gasteiger partial charge is 0.152 e. The molecule has 1 rings (SSSR count). The number of allylic oxidation sites excluding steroid dienone is 2. The number of hydrogen-bond donors (Lipinski definition) is 0. The van der Waals surface area contributed by atoms with Crippen LogP contribution < -0.4 is 0 Å². The first-order chi connectivity index (χ1) is 7.18. The van der Waals surface area contributed by atoms with Crippen molar-refractivity contribution in [3.8, 4) is 0 Å². The number of carbonyl (C=O) groups excluding carboxylic acids is 1. The van der Waals surface area contributed by atoms with Gasteiger partial charge in [0.1, 0.15) is 12.4 Å². The van der Waals surface area contributed by atoms with Crippen LogP contribution in [0.5, 0.6) is 0 Å². The Kier molecular flexibility index (Phi) is 4.35. The second-order valence-corrected chi connectivity index (χ2v) is 3.18. The third-order valence-corrected chi connectivity index (χ3v) is 1.77. The van der Waals surface area contributed by atoms with Crippen LogP contribution >= 0.6 is 0 Å². The molecule has 2 heteroatoms. The molecule has 0 spiro atoms. The van der Waals surface area contributed by atoms with Gasteiger partial charge in [-0.05, 0) is 24.6 Å². The van der Waals surface area contributed by atoms with Gasteiger partial charge in [-0.1, -0.05) is 36.9 Å². The normalized spacial score (nSPS) is 10.2. The molecule has 0 aliphatic rings. The SMILES string of the molecule is C=C(/C=C/C(C)=O)OCc1ccccc1. The predicted octanol–water partition coefficient (Wildman–Crippen LogP) is 2.86. The monoisotopic (exact) mass is 202 g/mol. The van der Waals surface area contributed by atoms with Crippen molar-refractivity contribution in [2.24, 2.45) is 0 Å². The van der Waals surface area contributed by atoms with Gasteiger partial charge in [-0.25, -0.2) is 0 Å². The van der Waals surface area contributed by atoms with E-state index in [1.807, 2.05) is 30.3 Å². The highest BCUT2D eigenvalue weighted by molar-refractivity contribution is 5.87. The van der Waals surface area contributed by atoms with E-state index in [0.717, 1.165) is 5.56 Å². The van der Waals surface area contributed by atoms with Crippen LogP contribution in [-0.4, -0.2) is 5.78 Å². The first-order valence-electron chi connectivity index (χ1n) is 4.73. The first-order valence-corrected chi connectivity index (χ1v) is 4.73. The van der Waals surface area contributed by atoms with Gasteiger partial charge >= 0.3 is 0 Å². The van der Waals surface area contributed by atoms with Crippen LogP contribution in [0.4, 0.5) is 0 Å². The fraction of sp³-hybridized carbons (Fsp3) is 0.154. The van der Waals surface area contributed by atoms with E-state index in [2.05, 4.69) is 6.58 Å². The Balaban J connectivity index is 2.38. The van der Waals surface area contributed by atoms with Crippen LogP contribution in [-0.2, 0) is 16.1 Å². The zero-order valence-electron chi connectivity index (χ0n) is 8.77. The minimum atomic E-state index is -0.0144. The second kappa shape index (κ2) is 5.81. The lowest BCUT2D eigenvalue weighted by Gasteiger charge is -2.04. The number of hydrogen-bond acceptors (Lipinski definition) is 2. The number of ketones is 1. The summed E-state index contributed by atoms with van der Waals surface area (Å²) in [6.45, 7) is 5.64. The third-order valence-electron chi connectivity index (χ3n) is 1.77. The Morgan fingerprint density at radius 2 is 2.00 bits per heavy atom. The molecule has 0 radical (unpaired) electrons. The fourth-order valence-electron chi connectivity index (χ4n) is 1.01. The van der Waals surface area contributed by atoms with Gasteiger partial charge in [0.15, 0.2) is 5.78 Å². The molecule has 0 amide bonds. The van der Waals surface area contributed by atoms with Crippen molar-refractivity contribution in [2.75, 3.05) is 0 Å². The zero-order valence-corrected chi connectivity index (χ0v) is 8.77. The molecule has 1 aromatic carbocycles.